The van der Waals surface area contributed by atoms with E-state index < -0.39 is 0 Å². The van der Waals surface area contributed by atoms with Gasteiger partial charge in [0.25, 0.3) is 5.91 Å². The van der Waals surface area contributed by atoms with E-state index in [-0.39, 0.29) is 18.0 Å². The Bertz CT molecular complexity index is 721. The number of fused-ring (bicyclic) bond motifs is 1. The lowest BCUT2D eigenvalue weighted by Gasteiger charge is -2.27. The van der Waals surface area contributed by atoms with Crippen LogP contribution in [0, 0.1) is 6.92 Å². The van der Waals surface area contributed by atoms with E-state index in [1.807, 2.05) is 6.07 Å². The first-order chi connectivity index (χ1) is 11.2. The minimum atomic E-state index is -0.0827. The number of ether oxygens (including phenoxy) is 1. The number of hydrogen-bond donors (Lipinski definition) is 1. The average molecular weight is 315 g/mol. The number of oxazole rings is 1. The third kappa shape index (κ3) is 2.84. The standard InChI is InChI=1S/C17H21N3O3/c1-11-18-13-5-4-12(8-16(13)23-11)17(21)19-14-9-22-10-15(14)20-6-2-3-7-20/h4-5,8,14-15H,2-3,6-7,9-10H2,1H3,(H,19,21). The van der Waals surface area contributed by atoms with Gasteiger partial charge in [-0.05, 0) is 44.1 Å². The number of benzene rings is 1. The number of nitrogens with one attached hydrogen (secondary N) is 1. The van der Waals surface area contributed by atoms with Gasteiger partial charge < -0.3 is 14.5 Å². The molecular formula is C17H21N3O3. The lowest BCUT2D eigenvalue weighted by molar-refractivity contribution is 0.0916. The van der Waals surface area contributed by atoms with Crippen LogP contribution in [0.25, 0.3) is 11.1 Å². The molecule has 2 aromatic rings. The van der Waals surface area contributed by atoms with Crippen LogP contribution in [-0.4, -0.2) is 54.2 Å². The number of amides is 1. The number of carbonyl (C=O) groups excluding carboxylic acids is 1. The van der Waals surface area contributed by atoms with Crippen LogP contribution < -0.4 is 5.32 Å². The Morgan fingerprint density at radius 1 is 1.30 bits per heavy atom. The van der Waals surface area contributed by atoms with Crippen molar-refractivity contribution < 1.29 is 13.9 Å². The minimum Gasteiger partial charge on any atom is -0.441 e. The molecule has 0 aliphatic carbocycles. The Kier molecular flexibility index (Phi) is 3.79. The van der Waals surface area contributed by atoms with Crippen molar-refractivity contribution in [2.45, 2.75) is 31.8 Å². The van der Waals surface area contributed by atoms with Crippen molar-refractivity contribution in [1.82, 2.24) is 15.2 Å². The molecular weight excluding hydrogens is 294 g/mol. The molecule has 4 rings (SSSR count). The van der Waals surface area contributed by atoms with Crippen LogP contribution >= 0.6 is 0 Å². The maximum atomic E-state index is 12.6. The van der Waals surface area contributed by atoms with Gasteiger partial charge in [0, 0.05) is 12.5 Å². The van der Waals surface area contributed by atoms with E-state index in [1.54, 1.807) is 19.1 Å². The number of aryl methyl sites for hydroxylation is 1. The van der Waals surface area contributed by atoms with Gasteiger partial charge in [-0.3, -0.25) is 9.69 Å². The maximum absolute atomic E-state index is 12.6. The Hall–Kier alpha value is -1.92. The van der Waals surface area contributed by atoms with Crippen molar-refractivity contribution in [2.75, 3.05) is 26.3 Å². The van der Waals surface area contributed by atoms with E-state index in [1.165, 1.54) is 12.8 Å². The predicted octanol–water partition coefficient (Wildman–Crippen LogP) is 1.73. The molecule has 6 nitrogen and oxygen atoms in total. The van der Waals surface area contributed by atoms with Crippen molar-refractivity contribution in [3.63, 3.8) is 0 Å². The molecule has 122 valence electrons. The van der Waals surface area contributed by atoms with Gasteiger partial charge in [-0.1, -0.05) is 0 Å². The van der Waals surface area contributed by atoms with Crippen LogP contribution in [0.3, 0.4) is 0 Å². The summed E-state index contributed by atoms with van der Waals surface area (Å²) < 4.78 is 11.1. The highest BCUT2D eigenvalue weighted by atomic mass is 16.5. The first kappa shape index (κ1) is 14.7. The van der Waals surface area contributed by atoms with E-state index in [4.69, 9.17) is 9.15 Å². The number of likely N-dealkylation sites (tertiary alicyclic amines) is 1. The zero-order chi connectivity index (χ0) is 15.8. The van der Waals surface area contributed by atoms with Gasteiger partial charge in [0.1, 0.15) is 5.52 Å². The Balaban J connectivity index is 1.49. The summed E-state index contributed by atoms with van der Waals surface area (Å²) in [7, 11) is 0. The lowest BCUT2D eigenvalue weighted by atomic mass is 10.1. The van der Waals surface area contributed by atoms with Crippen molar-refractivity contribution >= 4 is 17.0 Å². The van der Waals surface area contributed by atoms with E-state index in [2.05, 4.69) is 15.2 Å². The highest BCUT2D eigenvalue weighted by molar-refractivity contribution is 5.97. The maximum Gasteiger partial charge on any atom is 0.251 e. The van der Waals surface area contributed by atoms with E-state index in [0.29, 0.717) is 30.3 Å². The molecule has 1 amide bonds. The molecule has 1 aromatic carbocycles. The summed E-state index contributed by atoms with van der Waals surface area (Å²) in [6.45, 7) is 5.28. The topological polar surface area (TPSA) is 67.6 Å². The molecule has 0 bridgehead atoms. The van der Waals surface area contributed by atoms with Gasteiger partial charge in [0.05, 0.1) is 25.3 Å². The van der Waals surface area contributed by atoms with Gasteiger partial charge in [-0.15, -0.1) is 0 Å². The van der Waals surface area contributed by atoms with Crippen LogP contribution in [0.5, 0.6) is 0 Å². The zero-order valence-electron chi connectivity index (χ0n) is 13.2. The minimum absolute atomic E-state index is 0.0489. The fourth-order valence-electron chi connectivity index (χ4n) is 3.55. The second-order valence-corrected chi connectivity index (χ2v) is 6.34. The van der Waals surface area contributed by atoms with Crippen LogP contribution in [0.2, 0.25) is 0 Å². The number of hydrogen-bond acceptors (Lipinski definition) is 5. The Labute approximate surface area is 134 Å². The number of carbonyl (C=O) groups is 1. The van der Waals surface area contributed by atoms with Crippen molar-refractivity contribution in [3.05, 3.63) is 29.7 Å². The third-order valence-electron chi connectivity index (χ3n) is 4.73. The van der Waals surface area contributed by atoms with Gasteiger partial charge in [0.15, 0.2) is 11.5 Å². The quantitative estimate of drug-likeness (QED) is 0.934. The summed E-state index contributed by atoms with van der Waals surface area (Å²) in [5, 5.41) is 3.13. The molecule has 2 fully saturated rings. The van der Waals surface area contributed by atoms with Gasteiger partial charge in [-0.25, -0.2) is 4.98 Å². The van der Waals surface area contributed by atoms with Gasteiger partial charge in [-0.2, -0.15) is 0 Å². The third-order valence-corrected chi connectivity index (χ3v) is 4.73. The molecule has 0 saturated carbocycles. The van der Waals surface area contributed by atoms with Gasteiger partial charge in [0.2, 0.25) is 0 Å². The summed E-state index contributed by atoms with van der Waals surface area (Å²) in [6, 6.07) is 5.71. The molecule has 2 unspecified atom stereocenters. The van der Waals surface area contributed by atoms with Crippen LogP contribution in [0.15, 0.2) is 22.6 Å². The van der Waals surface area contributed by atoms with Crippen LogP contribution in [0.4, 0.5) is 0 Å². The van der Waals surface area contributed by atoms with Crippen molar-refractivity contribution in [3.8, 4) is 0 Å². The molecule has 0 spiro atoms. The van der Waals surface area contributed by atoms with Crippen molar-refractivity contribution in [1.29, 1.82) is 0 Å². The molecule has 2 aliphatic rings. The highest BCUT2D eigenvalue weighted by Gasteiger charge is 2.35. The largest absolute Gasteiger partial charge is 0.441 e. The van der Waals surface area contributed by atoms with E-state index in [0.717, 1.165) is 18.6 Å². The molecule has 6 heteroatoms. The second-order valence-electron chi connectivity index (χ2n) is 6.34. The second kappa shape index (κ2) is 5.94. The molecule has 1 N–H and O–H groups in total. The van der Waals surface area contributed by atoms with E-state index in [9.17, 15) is 4.79 Å². The molecule has 2 atom stereocenters. The Morgan fingerprint density at radius 3 is 2.96 bits per heavy atom. The van der Waals surface area contributed by atoms with Crippen LogP contribution in [0.1, 0.15) is 29.1 Å². The normalized spacial score (nSPS) is 25.3. The summed E-state index contributed by atoms with van der Waals surface area (Å²) in [5.41, 5.74) is 2.02. The molecule has 3 heterocycles. The fourth-order valence-corrected chi connectivity index (χ4v) is 3.55. The lowest BCUT2D eigenvalue weighted by Crippen LogP contribution is -2.50. The predicted molar refractivity (Wildman–Crippen MR) is 85.4 cm³/mol. The summed E-state index contributed by atoms with van der Waals surface area (Å²) in [5.74, 6) is 0.525. The molecule has 2 aliphatic heterocycles. The van der Waals surface area contributed by atoms with Crippen LogP contribution in [-0.2, 0) is 4.74 Å². The first-order valence-corrected chi connectivity index (χ1v) is 8.20. The Morgan fingerprint density at radius 2 is 2.13 bits per heavy atom. The number of nitrogens with zero attached hydrogens (tertiary/aromatic N) is 2. The number of aromatic nitrogens is 1. The number of rotatable bonds is 3. The fraction of sp³-hybridized carbons (Fsp3) is 0.529. The smallest absolute Gasteiger partial charge is 0.251 e. The summed E-state index contributed by atoms with van der Waals surface area (Å²) in [4.78, 5) is 19.3. The molecule has 1 aromatic heterocycles. The summed E-state index contributed by atoms with van der Waals surface area (Å²) in [6.07, 6.45) is 2.47. The summed E-state index contributed by atoms with van der Waals surface area (Å²) >= 11 is 0. The monoisotopic (exact) mass is 315 g/mol. The SMILES string of the molecule is Cc1nc2ccc(C(=O)NC3COCC3N3CCCC3)cc2o1. The van der Waals surface area contributed by atoms with Gasteiger partial charge >= 0.3 is 0 Å². The van der Waals surface area contributed by atoms with E-state index >= 15 is 0 Å². The average Bonchev–Trinajstić information content (AvgIpc) is 3.25. The highest BCUT2D eigenvalue weighted by Crippen LogP contribution is 2.20. The van der Waals surface area contributed by atoms with Crippen molar-refractivity contribution in [2.24, 2.45) is 0 Å². The molecule has 2 saturated heterocycles. The molecule has 23 heavy (non-hydrogen) atoms. The molecule has 0 radical (unpaired) electrons. The zero-order valence-corrected chi connectivity index (χ0v) is 13.2. The first-order valence-electron chi connectivity index (χ1n) is 8.20.